The second-order valence-electron chi connectivity index (χ2n) is 6.04. The summed E-state index contributed by atoms with van der Waals surface area (Å²) < 4.78 is 0. The predicted molar refractivity (Wildman–Crippen MR) is 76.5 cm³/mol. The van der Waals surface area contributed by atoms with Crippen molar-refractivity contribution in [2.45, 2.75) is 65.8 Å². The van der Waals surface area contributed by atoms with Gasteiger partial charge in [0.05, 0.1) is 5.41 Å². The van der Waals surface area contributed by atoms with Crippen LogP contribution in [0.2, 0.25) is 0 Å². The maximum absolute atomic E-state index is 12.6. The Morgan fingerprint density at radius 3 is 2.56 bits per heavy atom. The molecule has 1 heterocycles. The molecule has 106 valence electrons. The van der Waals surface area contributed by atoms with Crippen LogP contribution in [0.4, 0.5) is 0 Å². The standard InChI is InChI=1S/C15H30N2O/c1-5-8-15(9-7-10-16-11-15)14(18)17-13(6-2)12(3)4/h12-13,16H,5-11H2,1-4H3,(H,17,18). The molecule has 1 aliphatic rings. The highest BCUT2D eigenvalue weighted by atomic mass is 16.2. The first-order valence-corrected chi connectivity index (χ1v) is 7.57. The number of nitrogens with one attached hydrogen (secondary N) is 2. The average Bonchev–Trinajstić information content (AvgIpc) is 2.36. The summed E-state index contributed by atoms with van der Waals surface area (Å²) in [7, 11) is 0. The fourth-order valence-electron chi connectivity index (χ4n) is 3.03. The van der Waals surface area contributed by atoms with Gasteiger partial charge in [-0.25, -0.2) is 0 Å². The van der Waals surface area contributed by atoms with Gasteiger partial charge in [-0.3, -0.25) is 4.79 Å². The third-order valence-corrected chi connectivity index (χ3v) is 4.24. The largest absolute Gasteiger partial charge is 0.353 e. The topological polar surface area (TPSA) is 41.1 Å². The average molecular weight is 254 g/mol. The van der Waals surface area contributed by atoms with Crippen LogP contribution in [0, 0.1) is 11.3 Å². The number of hydrogen-bond acceptors (Lipinski definition) is 2. The van der Waals surface area contributed by atoms with E-state index >= 15 is 0 Å². The minimum atomic E-state index is -0.157. The van der Waals surface area contributed by atoms with Gasteiger partial charge in [0.25, 0.3) is 0 Å². The van der Waals surface area contributed by atoms with E-state index in [9.17, 15) is 4.79 Å². The van der Waals surface area contributed by atoms with Gasteiger partial charge in [0.1, 0.15) is 0 Å². The summed E-state index contributed by atoms with van der Waals surface area (Å²) in [6.45, 7) is 10.6. The van der Waals surface area contributed by atoms with Crippen molar-refractivity contribution in [2.75, 3.05) is 13.1 Å². The molecule has 0 aromatic rings. The zero-order valence-corrected chi connectivity index (χ0v) is 12.5. The molecule has 2 N–H and O–H groups in total. The van der Waals surface area contributed by atoms with Crippen LogP contribution >= 0.6 is 0 Å². The molecule has 0 aliphatic carbocycles. The van der Waals surface area contributed by atoms with Crippen LogP contribution < -0.4 is 10.6 Å². The Bertz CT molecular complexity index is 252. The number of amides is 1. The molecule has 0 aromatic carbocycles. The van der Waals surface area contributed by atoms with Crippen molar-refractivity contribution < 1.29 is 4.79 Å². The second-order valence-corrected chi connectivity index (χ2v) is 6.04. The summed E-state index contributed by atoms with van der Waals surface area (Å²) in [6, 6.07) is 0.313. The molecule has 1 aliphatic heterocycles. The van der Waals surface area contributed by atoms with E-state index < -0.39 is 0 Å². The van der Waals surface area contributed by atoms with Crippen molar-refractivity contribution in [1.82, 2.24) is 10.6 Å². The highest BCUT2D eigenvalue weighted by Gasteiger charge is 2.39. The Morgan fingerprint density at radius 1 is 1.39 bits per heavy atom. The Kier molecular flexibility index (Phi) is 6.13. The zero-order valence-electron chi connectivity index (χ0n) is 12.5. The van der Waals surface area contributed by atoms with Crippen LogP contribution in [0.3, 0.4) is 0 Å². The molecule has 0 spiro atoms. The van der Waals surface area contributed by atoms with Gasteiger partial charge in [0.2, 0.25) is 5.91 Å². The van der Waals surface area contributed by atoms with Crippen LogP contribution in [-0.2, 0) is 4.79 Å². The monoisotopic (exact) mass is 254 g/mol. The molecule has 0 bridgehead atoms. The van der Waals surface area contributed by atoms with Gasteiger partial charge >= 0.3 is 0 Å². The predicted octanol–water partition coefficient (Wildman–Crippen LogP) is 2.71. The van der Waals surface area contributed by atoms with E-state index in [-0.39, 0.29) is 11.3 Å². The fourth-order valence-corrected chi connectivity index (χ4v) is 3.03. The van der Waals surface area contributed by atoms with Gasteiger partial charge in [-0.05, 0) is 38.1 Å². The fraction of sp³-hybridized carbons (Fsp3) is 0.933. The van der Waals surface area contributed by atoms with Crippen molar-refractivity contribution in [3.63, 3.8) is 0 Å². The highest BCUT2D eigenvalue weighted by molar-refractivity contribution is 5.83. The summed E-state index contributed by atoms with van der Waals surface area (Å²) in [5.41, 5.74) is -0.157. The van der Waals surface area contributed by atoms with Crippen LogP contribution in [0.5, 0.6) is 0 Å². The van der Waals surface area contributed by atoms with Gasteiger partial charge in [0, 0.05) is 12.6 Å². The van der Waals surface area contributed by atoms with E-state index in [0.717, 1.165) is 45.2 Å². The molecule has 3 nitrogen and oxygen atoms in total. The smallest absolute Gasteiger partial charge is 0.227 e. The number of hydrogen-bond donors (Lipinski definition) is 2. The van der Waals surface area contributed by atoms with Crippen LogP contribution in [-0.4, -0.2) is 25.0 Å². The molecule has 18 heavy (non-hydrogen) atoms. The zero-order chi connectivity index (χ0) is 13.6. The van der Waals surface area contributed by atoms with Crippen LogP contribution in [0.25, 0.3) is 0 Å². The molecule has 1 amide bonds. The van der Waals surface area contributed by atoms with E-state index in [1.807, 2.05) is 0 Å². The van der Waals surface area contributed by atoms with Gasteiger partial charge in [-0.15, -0.1) is 0 Å². The molecular formula is C15H30N2O. The lowest BCUT2D eigenvalue weighted by Gasteiger charge is -2.38. The van der Waals surface area contributed by atoms with Gasteiger partial charge in [0.15, 0.2) is 0 Å². The first kappa shape index (κ1) is 15.5. The third kappa shape index (κ3) is 3.71. The number of carbonyl (C=O) groups is 1. The minimum Gasteiger partial charge on any atom is -0.353 e. The number of rotatable bonds is 6. The summed E-state index contributed by atoms with van der Waals surface area (Å²) in [6.07, 6.45) is 5.24. The van der Waals surface area contributed by atoms with Crippen LogP contribution in [0.1, 0.15) is 59.8 Å². The summed E-state index contributed by atoms with van der Waals surface area (Å²) in [4.78, 5) is 12.6. The van der Waals surface area contributed by atoms with Crippen molar-refractivity contribution in [1.29, 1.82) is 0 Å². The Balaban J connectivity index is 2.70. The van der Waals surface area contributed by atoms with E-state index in [1.165, 1.54) is 0 Å². The first-order valence-electron chi connectivity index (χ1n) is 7.57. The highest BCUT2D eigenvalue weighted by Crippen LogP contribution is 2.32. The summed E-state index contributed by atoms with van der Waals surface area (Å²) in [5.74, 6) is 0.784. The molecular weight excluding hydrogens is 224 g/mol. The third-order valence-electron chi connectivity index (χ3n) is 4.24. The van der Waals surface area contributed by atoms with E-state index in [0.29, 0.717) is 12.0 Å². The molecule has 0 aromatic heterocycles. The SMILES string of the molecule is CCCC1(C(=O)NC(CC)C(C)C)CCCNC1. The Labute approximate surface area is 112 Å². The Hall–Kier alpha value is -0.570. The Morgan fingerprint density at radius 2 is 2.11 bits per heavy atom. The number of carbonyl (C=O) groups excluding carboxylic acids is 1. The van der Waals surface area contributed by atoms with Crippen molar-refractivity contribution >= 4 is 5.91 Å². The molecule has 2 atom stereocenters. The normalized spacial score (nSPS) is 26.1. The van der Waals surface area contributed by atoms with Gasteiger partial charge in [-0.1, -0.05) is 34.1 Å². The van der Waals surface area contributed by atoms with E-state index in [2.05, 4.69) is 38.3 Å². The maximum Gasteiger partial charge on any atom is 0.227 e. The van der Waals surface area contributed by atoms with Crippen molar-refractivity contribution in [3.8, 4) is 0 Å². The first-order chi connectivity index (χ1) is 8.55. The molecule has 1 fully saturated rings. The second kappa shape index (κ2) is 7.13. The lowest BCUT2D eigenvalue weighted by Crippen LogP contribution is -2.53. The van der Waals surface area contributed by atoms with Gasteiger partial charge in [-0.2, -0.15) is 0 Å². The lowest BCUT2D eigenvalue weighted by molar-refractivity contribution is -0.133. The quantitative estimate of drug-likeness (QED) is 0.765. The molecule has 1 rings (SSSR count). The summed E-state index contributed by atoms with van der Waals surface area (Å²) in [5, 5.41) is 6.68. The molecule has 0 radical (unpaired) electrons. The van der Waals surface area contributed by atoms with E-state index in [1.54, 1.807) is 0 Å². The van der Waals surface area contributed by atoms with Crippen LogP contribution in [0.15, 0.2) is 0 Å². The van der Waals surface area contributed by atoms with Gasteiger partial charge < -0.3 is 10.6 Å². The lowest BCUT2D eigenvalue weighted by atomic mass is 9.76. The van der Waals surface area contributed by atoms with E-state index in [4.69, 9.17) is 0 Å². The molecule has 1 saturated heterocycles. The summed E-state index contributed by atoms with van der Waals surface area (Å²) >= 11 is 0. The molecule has 3 heteroatoms. The molecule has 2 unspecified atom stereocenters. The number of piperidine rings is 1. The van der Waals surface area contributed by atoms with Crippen molar-refractivity contribution in [2.24, 2.45) is 11.3 Å². The minimum absolute atomic E-state index is 0.157. The maximum atomic E-state index is 12.6. The van der Waals surface area contributed by atoms with Crippen molar-refractivity contribution in [3.05, 3.63) is 0 Å². The molecule has 0 saturated carbocycles.